The number of piperazine rings is 1. The Morgan fingerprint density at radius 3 is 2.89 bits per heavy atom. The van der Waals surface area contributed by atoms with E-state index in [4.69, 9.17) is 0 Å². The van der Waals surface area contributed by atoms with Crippen molar-refractivity contribution in [1.29, 1.82) is 0 Å². The molecule has 1 aromatic rings. The summed E-state index contributed by atoms with van der Waals surface area (Å²) in [6.07, 6.45) is 4.23. The second kappa shape index (κ2) is 6.11. The van der Waals surface area contributed by atoms with Crippen LogP contribution in [-0.4, -0.2) is 42.5 Å². The van der Waals surface area contributed by atoms with Crippen LogP contribution < -0.4 is 16.0 Å². The maximum atomic E-state index is 11.8. The van der Waals surface area contributed by atoms with Crippen LogP contribution >= 0.6 is 0 Å². The molecule has 0 aliphatic carbocycles. The lowest BCUT2D eigenvalue weighted by Crippen LogP contribution is -2.58. The van der Waals surface area contributed by atoms with E-state index in [1.54, 1.807) is 12.4 Å². The summed E-state index contributed by atoms with van der Waals surface area (Å²) < 4.78 is 0. The molecule has 1 unspecified atom stereocenters. The van der Waals surface area contributed by atoms with Gasteiger partial charge < -0.3 is 10.6 Å². The van der Waals surface area contributed by atoms with Crippen LogP contribution in [0.2, 0.25) is 0 Å². The van der Waals surface area contributed by atoms with E-state index in [0.717, 1.165) is 12.0 Å². The molecule has 2 heterocycles. The van der Waals surface area contributed by atoms with E-state index in [-0.39, 0.29) is 24.4 Å². The van der Waals surface area contributed by atoms with Crippen LogP contribution in [-0.2, 0) is 16.0 Å². The van der Waals surface area contributed by atoms with Gasteiger partial charge >= 0.3 is 0 Å². The zero-order valence-corrected chi connectivity index (χ0v) is 9.98. The van der Waals surface area contributed by atoms with Crippen LogP contribution in [0.25, 0.3) is 0 Å². The van der Waals surface area contributed by atoms with Crippen molar-refractivity contribution in [2.45, 2.75) is 12.5 Å². The van der Waals surface area contributed by atoms with Crippen molar-refractivity contribution in [3.8, 4) is 0 Å². The molecule has 0 saturated carbocycles. The Morgan fingerprint density at radius 1 is 1.44 bits per heavy atom. The number of hydrogen-bond donors (Lipinski definition) is 3. The fraction of sp³-hybridized carbons (Fsp3) is 0.417. The summed E-state index contributed by atoms with van der Waals surface area (Å²) in [6, 6.07) is 3.51. The van der Waals surface area contributed by atoms with Crippen LogP contribution in [0.15, 0.2) is 24.5 Å². The molecule has 2 rings (SSSR count). The van der Waals surface area contributed by atoms with E-state index in [1.165, 1.54) is 0 Å². The Bertz CT molecular complexity index is 411. The average molecular weight is 248 g/mol. The molecule has 0 aromatic carbocycles. The summed E-state index contributed by atoms with van der Waals surface area (Å²) >= 11 is 0. The van der Waals surface area contributed by atoms with E-state index in [2.05, 4.69) is 20.9 Å². The molecule has 3 N–H and O–H groups in total. The smallest absolute Gasteiger partial charge is 0.238 e. The second-order valence-electron chi connectivity index (χ2n) is 4.13. The summed E-state index contributed by atoms with van der Waals surface area (Å²) in [6.45, 7) is 1.12. The fourth-order valence-corrected chi connectivity index (χ4v) is 1.75. The van der Waals surface area contributed by atoms with E-state index in [0.29, 0.717) is 13.1 Å². The predicted octanol–water partition coefficient (Wildman–Crippen LogP) is -1.17. The SMILES string of the molecule is O=C1CNC(C(=O)NCCc2ccncc2)CN1. The minimum atomic E-state index is -0.333. The van der Waals surface area contributed by atoms with Crippen LogP contribution in [0.4, 0.5) is 0 Å². The Morgan fingerprint density at radius 2 is 2.22 bits per heavy atom. The number of amides is 2. The molecule has 6 nitrogen and oxygen atoms in total. The normalized spacial score (nSPS) is 19.1. The van der Waals surface area contributed by atoms with Gasteiger partial charge in [0.15, 0.2) is 0 Å². The molecule has 96 valence electrons. The van der Waals surface area contributed by atoms with Gasteiger partial charge in [0.05, 0.1) is 6.54 Å². The predicted molar refractivity (Wildman–Crippen MR) is 65.8 cm³/mol. The van der Waals surface area contributed by atoms with Crippen molar-refractivity contribution >= 4 is 11.8 Å². The number of rotatable bonds is 4. The monoisotopic (exact) mass is 248 g/mol. The molecule has 0 bridgehead atoms. The number of aromatic nitrogens is 1. The van der Waals surface area contributed by atoms with Crippen molar-refractivity contribution in [3.05, 3.63) is 30.1 Å². The Balaban J connectivity index is 1.70. The molecule has 0 radical (unpaired) electrons. The number of nitrogens with zero attached hydrogens (tertiary/aromatic N) is 1. The van der Waals surface area contributed by atoms with E-state index < -0.39 is 0 Å². The topological polar surface area (TPSA) is 83.1 Å². The highest BCUT2D eigenvalue weighted by Gasteiger charge is 2.22. The van der Waals surface area contributed by atoms with Gasteiger partial charge in [-0.05, 0) is 24.1 Å². The van der Waals surface area contributed by atoms with Gasteiger partial charge in [0, 0.05) is 25.5 Å². The van der Waals surface area contributed by atoms with E-state index in [9.17, 15) is 9.59 Å². The summed E-state index contributed by atoms with van der Waals surface area (Å²) in [4.78, 5) is 26.6. The molecule has 0 spiro atoms. The fourth-order valence-electron chi connectivity index (χ4n) is 1.75. The minimum Gasteiger partial charge on any atom is -0.354 e. The highest BCUT2D eigenvalue weighted by atomic mass is 16.2. The van der Waals surface area contributed by atoms with Gasteiger partial charge in [-0.3, -0.25) is 19.9 Å². The van der Waals surface area contributed by atoms with Crippen LogP contribution in [0.5, 0.6) is 0 Å². The van der Waals surface area contributed by atoms with E-state index >= 15 is 0 Å². The van der Waals surface area contributed by atoms with Crippen LogP contribution in [0.1, 0.15) is 5.56 Å². The first-order chi connectivity index (χ1) is 8.75. The Kier molecular flexibility index (Phi) is 4.25. The van der Waals surface area contributed by atoms with Crippen molar-refractivity contribution in [3.63, 3.8) is 0 Å². The zero-order valence-electron chi connectivity index (χ0n) is 9.98. The highest BCUT2D eigenvalue weighted by Crippen LogP contribution is 1.96. The first kappa shape index (κ1) is 12.5. The standard InChI is InChI=1S/C12H16N4O2/c17-11-8-15-10(7-16-11)12(18)14-6-3-9-1-4-13-5-2-9/h1-2,4-5,10,15H,3,6-8H2,(H,14,18)(H,16,17). The summed E-state index contributed by atoms with van der Waals surface area (Å²) in [7, 11) is 0. The molecule has 1 fully saturated rings. The molecular formula is C12H16N4O2. The van der Waals surface area contributed by atoms with Gasteiger partial charge in [-0.2, -0.15) is 0 Å². The third-order valence-electron chi connectivity index (χ3n) is 2.79. The maximum absolute atomic E-state index is 11.8. The van der Waals surface area contributed by atoms with Crippen molar-refractivity contribution in [2.24, 2.45) is 0 Å². The average Bonchev–Trinajstić information content (AvgIpc) is 2.40. The lowest BCUT2D eigenvalue weighted by atomic mass is 10.2. The number of carbonyl (C=O) groups excluding carboxylic acids is 2. The molecule has 2 amide bonds. The number of hydrogen-bond acceptors (Lipinski definition) is 4. The molecule has 1 aromatic heterocycles. The molecule has 6 heteroatoms. The summed E-state index contributed by atoms with van der Waals surface area (Å²) in [5.74, 6) is -0.153. The molecule has 1 saturated heterocycles. The Hall–Kier alpha value is -1.95. The van der Waals surface area contributed by atoms with Gasteiger partial charge in [-0.25, -0.2) is 0 Å². The van der Waals surface area contributed by atoms with E-state index in [1.807, 2.05) is 12.1 Å². The number of nitrogens with one attached hydrogen (secondary N) is 3. The van der Waals surface area contributed by atoms with Gasteiger partial charge in [0.25, 0.3) is 0 Å². The van der Waals surface area contributed by atoms with Gasteiger partial charge in [0.1, 0.15) is 6.04 Å². The molecule has 1 aliphatic heterocycles. The van der Waals surface area contributed by atoms with Crippen molar-refractivity contribution < 1.29 is 9.59 Å². The third-order valence-corrected chi connectivity index (χ3v) is 2.79. The molecule has 1 aliphatic rings. The lowest BCUT2D eigenvalue weighted by Gasteiger charge is -2.23. The molecule has 1 atom stereocenters. The zero-order chi connectivity index (χ0) is 12.8. The number of pyridine rings is 1. The highest BCUT2D eigenvalue weighted by molar-refractivity contribution is 5.86. The number of carbonyl (C=O) groups is 2. The van der Waals surface area contributed by atoms with Crippen molar-refractivity contribution in [1.82, 2.24) is 20.9 Å². The first-order valence-electron chi connectivity index (χ1n) is 5.92. The quantitative estimate of drug-likeness (QED) is 0.627. The molecule has 18 heavy (non-hydrogen) atoms. The van der Waals surface area contributed by atoms with Gasteiger partial charge in [-0.15, -0.1) is 0 Å². The van der Waals surface area contributed by atoms with Gasteiger partial charge in [-0.1, -0.05) is 0 Å². The maximum Gasteiger partial charge on any atom is 0.238 e. The second-order valence-corrected chi connectivity index (χ2v) is 4.13. The largest absolute Gasteiger partial charge is 0.354 e. The Labute approximate surface area is 105 Å². The van der Waals surface area contributed by atoms with Crippen LogP contribution in [0.3, 0.4) is 0 Å². The summed E-state index contributed by atoms with van der Waals surface area (Å²) in [5, 5.41) is 8.38. The summed E-state index contributed by atoms with van der Waals surface area (Å²) in [5.41, 5.74) is 1.13. The van der Waals surface area contributed by atoms with Gasteiger partial charge in [0.2, 0.25) is 11.8 Å². The minimum absolute atomic E-state index is 0.0733. The van der Waals surface area contributed by atoms with Crippen LogP contribution in [0, 0.1) is 0 Å². The molecular weight excluding hydrogens is 232 g/mol. The van der Waals surface area contributed by atoms with Crippen molar-refractivity contribution in [2.75, 3.05) is 19.6 Å². The third kappa shape index (κ3) is 3.53. The first-order valence-corrected chi connectivity index (χ1v) is 5.92. The lowest BCUT2D eigenvalue weighted by molar-refractivity contribution is -0.126.